The summed E-state index contributed by atoms with van der Waals surface area (Å²) in [6.07, 6.45) is 11.7. The fraction of sp³-hybridized carbons (Fsp3) is 0.571. The topological polar surface area (TPSA) is 61.8 Å². The van der Waals surface area contributed by atoms with Crippen molar-refractivity contribution in [3.63, 3.8) is 0 Å². The molecule has 0 radical (unpaired) electrons. The highest BCUT2D eigenvalue weighted by molar-refractivity contribution is 5.81. The van der Waals surface area contributed by atoms with Gasteiger partial charge in [-0.2, -0.15) is 0 Å². The number of rotatable bonds is 14. The monoisotopic (exact) mass is 456 g/mol. The average molecular weight is 457 g/mol. The van der Waals surface area contributed by atoms with E-state index in [9.17, 15) is 9.59 Å². The molecule has 33 heavy (non-hydrogen) atoms. The number of esters is 2. The number of ether oxygens (including phenoxy) is 3. The summed E-state index contributed by atoms with van der Waals surface area (Å²) in [6.45, 7) is 11.2. The lowest BCUT2D eigenvalue weighted by atomic mass is 9.76. The van der Waals surface area contributed by atoms with Crippen LogP contribution in [0.15, 0.2) is 49.6 Å². The molecule has 1 aromatic carbocycles. The van der Waals surface area contributed by atoms with Gasteiger partial charge < -0.3 is 14.2 Å². The minimum atomic E-state index is -0.602. The summed E-state index contributed by atoms with van der Waals surface area (Å²) in [5.41, 5.74) is 1.29. The predicted molar refractivity (Wildman–Crippen MR) is 131 cm³/mol. The molecule has 0 heterocycles. The average Bonchev–Trinajstić information content (AvgIpc) is 2.85. The van der Waals surface area contributed by atoms with Gasteiger partial charge in [-0.3, -0.25) is 0 Å². The van der Waals surface area contributed by atoms with Crippen molar-refractivity contribution >= 4 is 11.9 Å². The molecule has 0 bridgehead atoms. The standard InChI is InChI=1S/C28H40O5/c1-5-9-11-25(32-26(29)7-3)23-15-13-21(14-16-23)22-17-19-24(20-18-22)31-28(12-10-6-2)33-27(30)8-4/h7-8,17-21,23,25,28H,3-6,9-16H2,1-2H3. The van der Waals surface area contributed by atoms with E-state index in [0.29, 0.717) is 24.0 Å². The third kappa shape index (κ3) is 9.07. The minimum absolute atomic E-state index is 0.00879. The van der Waals surface area contributed by atoms with Gasteiger partial charge in [-0.15, -0.1) is 0 Å². The number of carbonyl (C=O) groups excluding carboxylic acids is 2. The Kier molecular flexibility index (Phi) is 11.8. The molecular formula is C28H40O5. The largest absolute Gasteiger partial charge is 0.459 e. The maximum Gasteiger partial charge on any atom is 0.333 e. The van der Waals surface area contributed by atoms with Crippen molar-refractivity contribution in [2.75, 3.05) is 0 Å². The van der Waals surface area contributed by atoms with Gasteiger partial charge in [0.1, 0.15) is 11.9 Å². The van der Waals surface area contributed by atoms with Crippen LogP contribution in [0.5, 0.6) is 5.75 Å². The molecule has 5 heteroatoms. The fourth-order valence-corrected chi connectivity index (χ4v) is 4.48. The maximum absolute atomic E-state index is 11.8. The molecule has 182 valence electrons. The molecule has 0 N–H and O–H groups in total. The van der Waals surface area contributed by atoms with E-state index >= 15 is 0 Å². The highest BCUT2D eigenvalue weighted by atomic mass is 16.7. The van der Waals surface area contributed by atoms with Crippen LogP contribution >= 0.6 is 0 Å². The van der Waals surface area contributed by atoms with Gasteiger partial charge in [0, 0.05) is 18.6 Å². The van der Waals surface area contributed by atoms with Gasteiger partial charge in [-0.25, -0.2) is 9.59 Å². The van der Waals surface area contributed by atoms with Crippen LogP contribution in [0.3, 0.4) is 0 Å². The van der Waals surface area contributed by atoms with Crippen molar-refractivity contribution in [1.29, 1.82) is 0 Å². The molecule has 0 aromatic heterocycles. The van der Waals surface area contributed by atoms with E-state index in [1.807, 2.05) is 12.1 Å². The van der Waals surface area contributed by atoms with Crippen LogP contribution in [-0.4, -0.2) is 24.3 Å². The molecule has 0 aliphatic heterocycles. The first-order valence-electron chi connectivity index (χ1n) is 12.4. The van der Waals surface area contributed by atoms with Crippen LogP contribution in [0, 0.1) is 5.92 Å². The number of hydrogen-bond donors (Lipinski definition) is 0. The Morgan fingerprint density at radius 3 is 2.06 bits per heavy atom. The SMILES string of the molecule is C=CC(=O)OC(CCCC)Oc1ccc(C2CCC(C(CCCC)OC(=O)C=C)CC2)cc1. The first kappa shape index (κ1) is 26.7. The second kappa shape index (κ2) is 14.6. The molecule has 5 nitrogen and oxygen atoms in total. The van der Waals surface area contributed by atoms with Crippen molar-refractivity contribution in [2.45, 2.75) is 96.4 Å². The van der Waals surface area contributed by atoms with Crippen molar-refractivity contribution in [1.82, 2.24) is 0 Å². The molecule has 1 aliphatic carbocycles. The van der Waals surface area contributed by atoms with Crippen LogP contribution in [0.1, 0.15) is 89.5 Å². The zero-order valence-electron chi connectivity index (χ0n) is 20.3. The molecule has 0 spiro atoms. The lowest BCUT2D eigenvalue weighted by Crippen LogP contribution is -2.29. The van der Waals surface area contributed by atoms with Gasteiger partial charge >= 0.3 is 11.9 Å². The van der Waals surface area contributed by atoms with Crippen LogP contribution in [-0.2, 0) is 19.1 Å². The number of carbonyl (C=O) groups is 2. The maximum atomic E-state index is 11.8. The molecule has 0 saturated heterocycles. The summed E-state index contributed by atoms with van der Waals surface area (Å²) in [7, 11) is 0. The summed E-state index contributed by atoms with van der Waals surface area (Å²) in [4.78, 5) is 23.4. The van der Waals surface area contributed by atoms with Crippen LogP contribution < -0.4 is 4.74 Å². The molecular weight excluding hydrogens is 416 g/mol. The molecule has 2 unspecified atom stereocenters. The van der Waals surface area contributed by atoms with E-state index in [0.717, 1.165) is 63.9 Å². The normalized spacial score (nSPS) is 19.7. The van der Waals surface area contributed by atoms with Gasteiger partial charge in [0.15, 0.2) is 0 Å². The van der Waals surface area contributed by atoms with Crippen LogP contribution in [0.2, 0.25) is 0 Å². The van der Waals surface area contributed by atoms with Crippen LogP contribution in [0.4, 0.5) is 0 Å². The Hall–Kier alpha value is -2.56. The quantitative estimate of drug-likeness (QED) is 0.174. The van der Waals surface area contributed by atoms with E-state index in [1.54, 1.807) is 0 Å². The van der Waals surface area contributed by atoms with Gasteiger partial charge in [0.25, 0.3) is 0 Å². The van der Waals surface area contributed by atoms with E-state index in [2.05, 4.69) is 39.1 Å². The van der Waals surface area contributed by atoms with Crippen molar-refractivity contribution in [2.24, 2.45) is 5.92 Å². The minimum Gasteiger partial charge on any atom is -0.459 e. The van der Waals surface area contributed by atoms with Gasteiger partial charge in [-0.1, -0.05) is 58.4 Å². The summed E-state index contributed by atoms with van der Waals surface area (Å²) >= 11 is 0. The summed E-state index contributed by atoms with van der Waals surface area (Å²) in [6, 6.07) is 8.13. The zero-order chi connectivity index (χ0) is 24.1. The Balaban J connectivity index is 1.93. The molecule has 1 fully saturated rings. The Labute approximate surface area is 199 Å². The number of unbranched alkanes of at least 4 members (excludes halogenated alkanes) is 2. The lowest BCUT2D eigenvalue weighted by Gasteiger charge is -2.33. The molecule has 0 amide bonds. The van der Waals surface area contributed by atoms with Crippen molar-refractivity contribution in [3.05, 3.63) is 55.1 Å². The molecule has 1 aliphatic rings. The van der Waals surface area contributed by atoms with E-state index < -0.39 is 12.3 Å². The molecule has 1 saturated carbocycles. The van der Waals surface area contributed by atoms with Gasteiger partial charge in [0.05, 0.1) is 0 Å². The summed E-state index contributed by atoms with van der Waals surface area (Å²) in [5.74, 6) is 0.816. The molecule has 2 rings (SSSR count). The third-order valence-electron chi connectivity index (χ3n) is 6.40. The number of hydrogen-bond acceptors (Lipinski definition) is 5. The first-order chi connectivity index (χ1) is 16.0. The van der Waals surface area contributed by atoms with E-state index in [-0.39, 0.29) is 12.1 Å². The fourth-order valence-electron chi connectivity index (χ4n) is 4.48. The molecule has 2 atom stereocenters. The first-order valence-corrected chi connectivity index (χ1v) is 12.4. The lowest BCUT2D eigenvalue weighted by molar-refractivity contribution is -0.158. The number of benzene rings is 1. The third-order valence-corrected chi connectivity index (χ3v) is 6.40. The smallest absolute Gasteiger partial charge is 0.333 e. The van der Waals surface area contributed by atoms with Crippen molar-refractivity contribution < 1.29 is 23.8 Å². The second-order valence-corrected chi connectivity index (χ2v) is 8.83. The Morgan fingerprint density at radius 1 is 0.909 bits per heavy atom. The highest BCUT2D eigenvalue weighted by Crippen LogP contribution is 2.39. The second-order valence-electron chi connectivity index (χ2n) is 8.83. The van der Waals surface area contributed by atoms with Crippen LogP contribution in [0.25, 0.3) is 0 Å². The van der Waals surface area contributed by atoms with E-state index in [4.69, 9.17) is 14.2 Å². The summed E-state index contributed by atoms with van der Waals surface area (Å²) < 4.78 is 16.9. The zero-order valence-corrected chi connectivity index (χ0v) is 20.3. The van der Waals surface area contributed by atoms with Crippen molar-refractivity contribution in [3.8, 4) is 5.75 Å². The molecule has 1 aromatic rings. The Morgan fingerprint density at radius 2 is 1.48 bits per heavy atom. The van der Waals surface area contributed by atoms with Gasteiger partial charge in [0.2, 0.25) is 6.29 Å². The Bertz CT molecular complexity index is 746. The predicted octanol–water partition coefficient (Wildman–Crippen LogP) is 6.87. The summed E-state index contributed by atoms with van der Waals surface area (Å²) in [5, 5.41) is 0. The van der Waals surface area contributed by atoms with E-state index in [1.165, 1.54) is 11.6 Å². The van der Waals surface area contributed by atoms with Gasteiger partial charge in [-0.05, 0) is 68.1 Å². The highest BCUT2D eigenvalue weighted by Gasteiger charge is 2.30.